The van der Waals surface area contributed by atoms with Crippen molar-refractivity contribution in [2.45, 2.75) is 87.4 Å². The Balaban J connectivity index is 0.0000000713. The van der Waals surface area contributed by atoms with E-state index in [1.54, 1.807) is 0 Å². The highest BCUT2D eigenvalue weighted by molar-refractivity contribution is 5.23. The zero-order valence-electron chi connectivity index (χ0n) is 19.7. The van der Waals surface area contributed by atoms with Crippen LogP contribution < -0.4 is 0 Å². The minimum atomic E-state index is 0.676. The molecule has 180 valence electrons. The molecule has 7 saturated carbocycles. The summed E-state index contributed by atoms with van der Waals surface area (Å²) in [6, 6.07) is 0. The van der Waals surface area contributed by atoms with Crippen molar-refractivity contribution in [2.24, 2.45) is 71.0 Å². The van der Waals surface area contributed by atoms with Gasteiger partial charge in [-0.15, -0.1) is 0 Å². The molecule has 0 N–H and O–H groups in total. The summed E-state index contributed by atoms with van der Waals surface area (Å²) in [5.74, 6) is 11.4. The molecule has 4 saturated heterocycles. The van der Waals surface area contributed by atoms with Crippen LogP contribution in [0.4, 0.5) is 0 Å². The van der Waals surface area contributed by atoms with Crippen molar-refractivity contribution in [3.05, 3.63) is 24.3 Å². The van der Waals surface area contributed by atoms with E-state index in [1.165, 1.54) is 38.5 Å². The number of hydrogen-bond acceptors (Lipinski definition) is 4. The van der Waals surface area contributed by atoms with Gasteiger partial charge in [-0.05, 0) is 110 Å². The molecule has 13 aliphatic rings. The maximum absolute atomic E-state index is 5.69. The van der Waals surface area contributed by atoms with Gasteiger partial charge in [0.15, 0.2) is 0 Å². The van der Waals surface area contributed by atoms with E-state index in [-0.39, 0.29) is 0 Å². The maximum Gasteiger partial charge on any atom is 0.0878 e. The quantitative estimate of drug-likeness (QED) is 0.405. The number of rotatable bonds is 0. The Morgan fingerprint density at radius 2 is 1.12 bits per heavy atom. The lowest BCUT2D eigenvalue weighted by Gasteiger charge is -2.22. The van der Waals surface area contributed by atoms with Crippen molar-refractivity contribution in [2.75, 3.05) is 0 Å². The van der Waals surface area contributed by atoms with Crippen LogP contribution >= 0.6 is 0 Å². The fourth-order valence-electron chi connectivity index (χ4n) is 12.1. The van der Waals surface area contributed by atoms with Crippen LogP contribution in [0.1, 0.15) is 38.5 Å². The Hall–Kier alpha value is -0.680. The van der Waals surface area contributed by atoms with Crippen LogP contribution in [0.25, 0.3) is 0 Å². The molecule has 6 bridgehead atoms. The van der Waals surface area contributed by atoms with Crippen LogP contribution in [0.3, 0.4) is 0 Å². The zero-order chi connectivity index (χ0) is 21.4. The zero-order valence-corrected chi connectivity index (χ0v) is 19.7. The van der Waals surface area contributed by atoms with E-state index in [1.807, 2.05) is 0 Å². The summed E-state index contributed by atoms with van der Waals surface area (Å²) in [6.45, 7) is 0. The molecule has 13 rings (SSSR count). The van der Waals surface area contributed by atoms with Gasteiger partial charge in [0, 0.05) is 0 Å². The second-order valence-corrected chi connectivity index (χ2v) is 14.3. The summed E-state index contributed by atoms with van der Waals surface area (Å²) in [6.07, 6.45) is 23.8. The predicted molar refractivity (Wildman–Crippen MR) is 123 cm³/mol. The van der Waals surface area contributed by atoms with E-state index in [2.05, 4.69) is 24.3 Å². The van der Waals surface area contributed by atoms with Crippen molar-refractivity contribution >= 4 is 0 Å². The topological polar surface area (TPSA) is 50.1 Å². The first kappa shape index (κ1) is 18.5. The fraction of sp³-hybridized carbons (Fsp3) is 0.867. The number of epoxide rings is 4. The average molecular weight is 461 g/mol. The van der Waals surface area contributed by atoms with Gasteiger partial charge in [-0.2, -0.15) is 0 Å². The summed E-state index contributed by atoms with van der Waals surface area (Å²) in [4.78, 5) is 0. The summed E-state index contributed by atoms with van der Waals surface area (Å²) in [5, 5.41) is 0. The lowest BCUT2D eigenvalue weighted by atomic mass is 9.81. The monoisotopic (exact) mass is 460 g/mol. The second-order valence-electron chi connectivity index (χ2n) is 14.3. The third-order valence-corrected chi connectivity index (χ3v) is 13.4. The van der Waals surface area contributed by atoms with Crippen LogP contribution in [0.5, 0.6) is 0 Å². The van der Waals surface area contributed by atoms with E-state index in [9.17, 15) is 0 Å². The molecular weight excluding hydrogens is 424 g/mol. The number of hydrogen-bond donors (Lipinski definition) is 0. The first-order valence-electron chi connectivity index (χ1n) is 14.8. The van der Waals surface area contributed by atoms with Gasteiger partial charge in [-0.25, -0.2) is 0 Å². The molecule has 4 heteroatoms. The molecule has 11 fully saturated rings. The number of ether oxygens (including phenoxy) is 4. The molecule has 4 nitrogen and oxygen atoms in total. The standard InChI is InChI=1S/C10H12O2.2C10H12O/c1-4-3-2-6-10(11-6)7(3)5(1)9-8(4)12-9;1-2-6-3-5(1)7-4-8-10(11-8)9(6)7;1-2-5-6(3-1)8-4-7(5)9-10(8)11-9/h3-10H,1-2H2;2*1-2,5-10H,3-4H2. The second kappa shape index (κ2) is 5.90. The number of fused-ring (bicyclic) bond motifs is 25. The van der Waals surface area contributed by atoms with E-state index in [0.717, 1.165) is 71.0 Å². The van der Waals surface area contributed by atoms with Crippen LogP contribution in [0.15, 0.2) is 24.3 Å². The average Bonchev–Trinajstić information content (AvgIpc) is 3.75. The van der Waals surface area contributed by atoms with Crippen LogP contribution in [-0.4, -0.2) is 48.8 Å². The Labute approximate surface area is 201 Å². The third kappa shape index (κ3) is 2.20. The molecule has 0 amide bonds. The maximum atomic E-state index is 5.69. The third-order valence-electron chi connectivity index (χ3n) is 13.4. The Kier molecular flexibility index (Phi) is 3.22. The Morgan fingerprint density at radius 3 is 1.97 bits per heavy atom. The molecule has 20 unspecified atom stereocenters. The Morgan fingerprint density at radius 1 is 0.441 bits per heavy atom. The van der Waals surface area contributed by atoms with Crippen molar-refractivity contribution < 1.29 is 18.9 Å². The molecule has 4 heterocycles. The molecule has 4 aliphatic heterocycles. The lowest BCUT2D eigenvalue weighted by Crippen LogP contribution is -2.27. The molecule has 9 aliphatic carbocycles. The normalized spacial score (nSPS) is 72.5. The van der Waals surface area contributed by atoms with Crippen molar-refractivity contribution in [3.63, 3.8) is 0 Å². The number of allylic oxidation sites excluding steroid dienone is 4. The van der Waals surface area contributed by atoms with Gasteiger partial charge < -0.3 is 18.9 Å². The van der Waals surface area contributed by atoms with Crippen molar-refractivity contribution in [3.8, 4) is 0 Å². The first-order valence-corrected chi connectivity index (χ1v) is 14.8. The SMILES string of the molecule is C1=CC2C(C1)C1CC2C2OC12.C1=CC2CC1C1CC3OC3C21.C1C2OC2C2C1C1CC2C2OC12. The van der Waals surface area contributed by atoms with Crippen LogP contribution in [0, 0.1) is 71.0 Å². The van der Waals surface area contributed by atoms with Crippen LogP contribution in [0.2, 0.25) is 0 Å². The summed E-state index contributed by atoms with van der Waals surface area (Å²) in [7, 11) is 0. The van der Waals surface area contributed by atoms with Gasteiger partial charge >= 0.3 is 0 Å². The summed E-state index contributed by atoms with van der Waals surface area (Å²) < 4.78 is 22.5. The predicted octanol–water partition coefficient (Wildman–Crippen LogP) is 4.00. The molecule has 34 heavy (non-hydrogen) atoms. The van der Waals surface area contributed by atoms with Gasteiger partial charge in [-0.1, -0.05) is 24.3 Å². The summed E-state index contributed by atoms with van der Waals surface area (Å²) >= 11 is 0. The lowest BCUT2D eigenvalue weighted by molar-refractivity contribution is 0.162. The van der Waals surface area contributed by atoms with E-state index in [4.69, 9.17) is 18.9 Å². The first-order chi connectivity index (χ1) is 16.8. The smallest absolute Gasteiger partial charge is 0.0878 e. The molecule has 0 aromatic carbocycles. The van der Waals surface area contributed by atoms with Crippen LogP contribution in [-0.2, 0) is 18.9 Å². The molecule has 0 aromatic heterocycles. The molecule has 0 radical (unpaired) electrons. The molecule has 0 aromatic rings. The van der Waals surface area contributed by atoms with Gasteiger partial charge in [0.2, 0.25) is 0 Å². The largest absolute Gasteiger partial charge is 0.369 e. The molecule has 20 atom stereocenters. The van der Waals surface area contributed by atoms with E-state index >= 15 is 0 Å². The van der Waals surface area contributed by atoms with E-state index < -0.39 is 0 Å². The molecular formula is C30H36O4. The minimum absolute atomic E-state index is 0.676. The van der Waals surface area contributed by atoms with Gasteiger partial charge in [-0.3, -0.25) is 0 Å². The van der Waals surface area contributed by atoms with Crippen molar-refractivity contribution in [1.29, 1.82) is 0 Å². The highest BCUT2D eigenvalue weighted by Crippen LogP contribution is 2.69. The van der Waals surface area contributed by atoms with Crippen molar-refractivity contribution in [1.82, 2.24) is 0 Å². The minimum Gasteiger partial charge on any atom is -0.369 e. The van der Waals surface area contributed by atoms with Gasteiger partial charge in [0.1, 0.15) is 0 Å². The van der Waals surface area contributed by atoms with E-state index in [0.29, 0.717) is 48.8 Å². The van der Waals surface area contributed by atoms with Gasteiger partial charge in [0.25, 0.3) is 0 Å². The Bertz CT molecular complexity index is 1020. The molecule has 0 spiro atoms. The highest BCUT2D eigenvalue weighted by Gasteiger charge is 2.74. The highest BCUT2D eigenvalue weighted by atomic mass is 16.6. The van der Waals surface area contributed by atoms with Gasteiger partial charge in [0.05, 0.1) is 48.8 Å². The fourth-order valence-corrected chi connectivity index (χ4v) is 12.1. The summed E-state index contributed by atoms with van der Waals surface area (Å²) in [5.41, 5.74) is 0.